The summed E-state index contributed by atoms with van der Waals surface area (Å²) >= 11 is 0. The molecule has 1 nitrogen and oxygen atoms in total. The summed E-state index contributed by atoms with van der Waals surface area (Å²) in [5.41, 5.74) is 5.17. The molecule has 0 saturated carbocycles. The number of rotatable bonds is 5. The quantitative estimate of drug-likeness (QED) is 0.556. The van der Waals surface area contributed by atoms with Gasteiger partial charge in [-0.2, -0.15) is 0 Å². The SMILES string of the molecule is C/C=C(C)/C=C/C=C\c1c(OCC)ccc2c1C=CCC2.CC. The van der Waals surface area contributed by atoms with E-state index in [0.29, 0.717) is 6.61 Å². The van der Waals surface area contributed by atoms with Gasteiger partial charge >= 0.3 is 0 Å². The van der Waals surface area contributed by atoms with Gasteiger partial charge in [0.1, 0.15) is 5.75 Å². The van der Waals surface area contributed by atoms with E-state index < -0.39 is 0 Å². The Bertz CT molecular complexity index is 601. The van der Waals surface area contributed by atoms with E-state index in [1.54, 1.807) is 0 Å². The first-order valence-corrected chi connectivity index (χ1v) is 8.69. The van der Waals surface area contributed by atoms with Gasteiger partial charge in [0.25, 0.3) is 0 Å². The summed E-state index contributed by atoms with van der Waals surface area (Å²) in [7, 11) is 0. The van der Waals surface area contributed by atoms with Gasteiger partial charge in [0.05, 0.1) is 6.61 Å². The zero-order valence-electron chi connectivity index (χ0n) is 15.2. The van der Waals surface area contributed by atoms with Crippen LogP contribution in [-0.2, 0) is 6.42 Å². The maximum absolute atomic E-state index is 5.78. The van der Waals surface area contributed by atoms with Crippen molar-refractivity contribution in [3.8, 4) is 5.75 Å². The van der Waals surface area contributed by atoms with Gasteiger partial charge in [0.2, 0.25) is 0 Å². The smallest absolute Gasteiger partial charge is 0.127 e. The number of hydrogen-bond acceptors (Lipinski definition) is 1. The van der Waals surface area contributed by atoms with Gasteiger partial charge in [-0.25, -0.2) is 0 Å². The van der Waals surface area contributed by atoms with Crippen molar-refractivity contribution in [2.75, 3.05) is 6.61 Å². The van der Waals surface area contributed by atoms with Crippen LogP contribution in [-0.4, -0.2) is 6.61 Å². The minimum atomic E-state index is 0.691. The van der Waals surface area contributed by atoms with Gasteiger partial charge in [0.15, 0.2) is 0 Å². The number of fused-ring (bicyclic) bond motifs is 1. The predicted molar refractivity (Wildman–Crippen MR) is 104 cm³/mol. The van der Waals surface area contributed by atoms with Gasteiger partial charge in [-0.3, -0.25) is 0 Å². The second kappa shape index (κ2) is 10.7. The van der Waals surface area contributed by atoms with Crippen LogP contribution in [0, 0.1) is 0 Å². The Labute approximate surface area is 142 Å². The standard InChI is InChI=1S/C20H24O.C2H6/c1-4-16(3)10-6-8-13-19-18-12-9-7-11-17(18)14-15-20(19)21-5-2;1-2/h4,6,8-10,12-15H,5,7,11H2,1-3H3;1-2H3/b10-6+,13-8-,16-4+;. The molecule has 0 spiro atoms. The number of benzene rings is 1. The second-order valence-electron chi connectivity index (χ2n) is 5.18. The van der Waals surface area contributed by atoms with Crippen LogP contribution in [0.15, 0.2) is 48.1 Å². The fourth-order valence-electron chi connectivity index (χ4n) is 2.43. The Hall–Kier alpha value is -2.02. The van der Waals surface area contributed by atoms with Crippen LogP contribution in [0.3, 0.4) is 0 Å². The third kappa shape index (κ3) is 5.59. The molecule has 1 aromatic rings. The summed E-state index contributed by atoms with van der Waals surface area (Å²) in [6, 6.07) is 4.29. The van der Waals surface area contributed by atoms with Crippen LogP contribution in [0.25, 0.3) is 12.2 Å². The van der Waals surface area contributed by atoms with Gasteiger partial charge in [-0.05, 0) is 50.8 Å². The van der Waals surface area contributed by atoms with E-state index in [2.05, 4.69) is 68.5 Å². The molecule has 0 saturated heterocycles. The Morgan fingerprint density at radius 3 is 2.70 bits per heavy atom. The van der Waals surface area contributed by atoms with Crippen LogP contribution < -0.4 is 4.74 Å². The molecule has 1 aliphatic carbocycles. The number of allylic oxidation sites excluding steroid dienone is 6. The van der Waals surface area contributed by atoms with Crippen molar-refractivity contribution in [1.29, 1.82) is 0 Å². The van der Waals surface area contributed by atoms with Crippen LogP contribution in [0.2, 0.25) is 0 Å². The maximum atomic E-state index is 5.78. The minimum Gasteiger partial charge on any atom is -0.493 e. The second-order valence-corrected chi connectivity index (χ2v) is 5.18. The monoisotopic (exact) mass is 310 g/mol. The molecule has 0 aliphatic heterocycles. The number of ether oxygens (including phenoxy) is 1. The van der Waals surface area contributed by atoms with Crippen molar-refractivity contribution in [3.05, 3.63) is 64.8 Å². The molecule has 0 atom stereocenters. The minimum absolute atomic E-state index is 0.691. The molecule has 1 aromatic carbocycles. The largest absolute Gasteiger partial charge is 0.493 e. The highest BCUT2D eigenvalue weighted by Crippen LogP contribution is 2.31. The van der Waals surface area contributed by atoms with Crippen molar-refractivity contribution in [2.24, 2.45) is 0 Å². The third-order valence-corrected chi connectivity index (χ3v) is 3.69. The van der Waals surface area contributed by atoms with Crippen molar-refractivity contribution >= 4 is 12.2 Å². The first-order valence-electron chi connectivity index (χ1n) is 8.69. The fraction of sp³-hybridized carbons (Fsp3) is 0.364. The molecular weight excluding hydrogens is 280 g/mol. The zero-order valence-corrected chi connectivity index (χ0v) is 15.2. The normalized spacial score (nSPS) is 13.9. The van der Waals surface area contributed by atoms with Crippen LogP contribution in [0.1, 0.15) is 57.7 Å². The van der Waals surface area contributed by atoms with Gasteiger partial charge < -0.3 is 4.74 Å². The average molecular weight is 310 g/mol. The summed E-state index contributed by atoms with van der Waals surface area (Å²) in [6.07, 6.45) is 17.3. The van der Waals surface area contributed by atoms with Crippen LogP contribution >= 0.6 is 0 Å². The van der Waals surface area contributed by atoms with Crippen LogP contribution in [0.4, 0.5) is 0 Å². The molecule has 0 bridgehead atoms. The number of aryl methyl sites for hydroxylation is 1. The summed E-state index contributed by atoms with van der Waals surface area (Å²) in [5.74, 6) is 0.968. The number of hydrogen-bond donors (Lipinski definition) is 0. The highest BCUT2D eigenvalue weighted by Gasteiger charge is 2.12. The third-order valence-electron chi connectivity index (χ3n) is 3.69. The summed E-state index contributed by atoms with van der Waals surface area (Å²) < 4.78 is 5.78. The average Bonchev–Trinajstić information content (AvgIpc) is 2.61. The van der Waals surface area contributed by atoms with E-state index >= 15 is 0 Å². The molecule has 2 rings (SSSR count). The molecule has 0 unspecified atom stereocenters. The van der Waals surface area contributed by atoms with Crippen molar-refractivity contribution in [2.45, 2.75) is 47.5 Å². The Balaban J connectivity index is 0.00000127. The fourth-order valence-corrected chi connectivity index (χ4v) is 2.43. The van der Waals surface area contributed by atoms with E-state index in [1.807, 2.05) is 20.8 Å². The molecule has 0 N–H and O–H groups in total. The molecule has 23 heavy (non-hydrogen) atoms. The van der Waals surface area contributed by atoms with Crippen molar-refractivity contribution < 1.29 is 4.74 Å². The summed E-state index contributed by atoms with van der Waals surface area (Å²) in [4.78, 5) is 0. The lowest BCUT2D eigenvalue weighted by atomic mass is 9.92. The van der Waals surface area contributed by atoms with E-state index in [0.717, 1.165) is 18.6 Å². The van der Waals surface area contributed by atoms with E-state index in [1.165, 1.54) is 22.3 Å². The molecule has 1 aliphatic rings. The van der Waals surface area contributed by atoms with E-state index in [9.17, 15) is 0 Å². The predicted octanol–water partition coefficient (Wildman–Crippen LogP) is 6.61. The van der Waals surface area contributed by atoms with Gasteiger partial charge in [0, 0.05) is 5.56 Å². The molecule has 0 fully saturated rings. The van der Waals surface area contributed by atoms with Crippen molar-refractivity contribution in [3.63, 3.8) is 0 Å². The lowest BCUT2D eigenvalue weighted by Gasteiger charge is -2.16. The molecule has 1 heteroatoms. The summed E-state index contributed by atoms with van der Waals surface area (Å²) in [6.45, 7) is 10.9. The van der Waals surface area contributed by atoms with E-state index in [-0.39, 0.29) is 0 Å². The first-order chi connectivity index (χ1) is 11.3. The first kappa shape index (κ1) is 19.0. The highest BCUT2D eigenvalue weighted by atomic mass is 16.5. The Kier molecular flexibility index (Phi) is 8.82. The Morgan fingerprint density at radius 1 is 1.22 bits per heavy atom. The molecule has 0 heterocycles. The van der Waals surface area contributed by atoms with Crippen molar-refractivity contribution in [1.82, 2.24) is 0 Å². The van der Waals surface area contributed by atoms with Crippen LogP contribution in [0.5, 0.6) is 5.75 Å². The molecule has 0 amide bonds. The maximum Gasteiger partial charge on any atom is 0.127 e. The molecule has 124 valence electrons. The lowest BCUT2D eigenvalue weighted by Crippen LogP contribution is -2.01. The Morgan fingerprint density at radius 2 is 2.00 bits per heavy atom. The zero-order chi connectivity index (χ0) is 17.1. The van der Waals surface area contributed by atoms with Gasteiger partial charge in [-0.1, -0.05) is 68.0 Å². The molecular formula is C22H30O. The topological polar surface area (TPSA) is 9.23 Å². The summed E-state index contributed by atoms with van der Waals surface area (Å²) in [5, 5.41) is 0. The van der Waals surface area contributed by atoms with E-state index in [4.69, 9.17) is 4.74 Å². The van der Waals surface area contributed by atoms with Gasteiger partial charge in [-0.15, -0.1) is 0 Å². The molecule has 0 aromatic heterocycles. The lowest BCUT2D eigenvalue weighted by molar-refractivity contribution is 0.339. The highest BCUT2D eigenvalue weighted by molar-refractivity contribution is 5.74. The molecule has 0 radical (unpaired) electrons.